The SMILES string of the molecule is O=S(=O)(C1CC1)N1CCCC1c1nc2ccc(F)cc2[nH]1. The second kappa shape index (κ2) is 4.51. The Balaban J connectivity index is 1.73. The lowest BCUT2D eigenvalue weighted by Gasteiger charge is -2.22. The lowest BCUT2D eigenvalue weighted by atomic mass is 10.2. The zero-order chi connectivity index (χ0) is 14.6. The molecule has 0 spiro atoms. The number of nitrogens with one attached hydrogen (secondary N) is 1. The lowest BCUT2D eigenvalue weighted by molar-refractivity contribution is 0.385. The molecular weight excluding hydrogens is 293 g/mol. The monoisotopic (exact) mass is 309 g/mol. The summed E-state index contributed by atoms with van der Waals surface area (Å²) in [5.74, 6) is 0.295. The van der Waals surface area contributed by atoms with Gasteiger partial charge in [-0.05, 0) is 43.9 Å². The van der Waals surface area contributed by atoms with Crippen LogP contribution in [0.4, 0.5) is 4.39 Å². The number of hydrogen-bond acceptors (Lipinski definition) is 3. The van der Waals surface area contributed by atoms with Gasteiger partial charge in [0.2, 0.25) is 10.0 Å². The van der Waals surface area contributed by atoms with Crippen LogP contribution < -0.4 is 0 Å². The van der Waals surface area contributed by atoms with E-state index in [0.29, 0.717) is 23.4 Å². The molecule has 0 bridgehead atoms. The van der Waals surface area contributed by atoms with Gasteiger partial charge in [0.25, 0.3) is 0 Å². The number of rotatable bonds is 3. The summed E-state index contributed by atoms with van der Waals surface area (Å²) in [5.41, 5.74) is 1.28. The van der Waals surface area contributed by atoms with Crippen molar-refractivity contribution in [1.82, 2.24) is 14.3 Å². The number of fused-ring (bicyclic) bond motifs is 1. The number of imidazole rings is 1. The van der Waals surface area contributed by atoms with Gasteiger partial charge in [0.05, 0.1) is 22.3 Å². The van der Waals surface area contributed by atoms with Crippen LogP contribution in [0.3, 0.4) is 0 Å². The number of aromatic amines is 1. The maximum Gasteiger partial charge on any atom is 0.217 e. The Morgan fingerprint density at radius 3 is 2.86 bits per heavy atom. The van der Waals surface area contributed by atoms with E-state index >= 15 is 0 Å². The molecule has 4 rings (SSSR count). The van der Waals surface area contributed by atoms with Gasteiger partial charge in [-0.3, -0.25) is 0 Å². The molecule has 2 fully saturated rings. The van der Waals surface area contributed by atoms with Crippen molar-refractivity contribution >= 4 is 21.1 Å². The van der Waals surface area contributed by atoms with E-state index < -0.39 is 10.0 Å². The van der Waals surface area contributed by atoms with E-state index in [4.69, 9.17) is 0 Å². The molecule has 1 saturated carbocycles. The van der Waals surface area contributed by atoms with E-state index in [1.807, 2.05) is 0 Å². The fourth-order valence-corrected chi connectivity index (χ4v) is 5.09. The van der Waals surface area contributed by atoms with E-state index in [0.717, 1.165) is 25.7 Å². The zero-order valence-corrected chi connectivity index (χ0v) is 12.2. The first-order valence-electron chi connectivity index (χ1n) is 7.21. The molecule has 1 N–H and O–H groups in total. The molecule has 1 aliphatic carbocycles. The number of aromatic nitrogens is 2. The second-order valence-corrected chi connectivity index (χ2v) is 7.96. The number of hydrogen-bond donors (Lipinski definition) is 1. The molecular formula is C14H16FN3O2S. The molecule has 112 valence electrons. The maximum absolute atomic E-state index is 13.2. The molecule has 0 radical (unpaired) electrons. The summed E-state index contributed by atoms with van der Waals surface area (Å²) < 4.78 is 39.8. The van der Waals surface area contributed by atoms with Crippen LogP contribution in [0, 0.1) is 5.82 Å². The van der Waals surface area contributed by atoms with Gasteiger partial charge in [0.1, 0.15) is 11.6 Å². The molecule has 2 aromatic rings. The predicted molar refractivity (Wildman–Crippen MR) is 76.7 cm³/mol. The summed E-state index contributed by atoms with van der Waals surface area (Å²) >= 11 is 0. The number of H-pyrrole nitrogens is 1. The highest BCUT2D eigenvalue weighted by atomic mass is 32.2. The molecule has 1 saturated heterocycles. The number of benzene rings is 1. The summed E-state index contributed by atoms with van der Waals surface area (Å²) in [6.07, 6.45) is 3.12. The summed E-state index contributed by atoms with van der Waals surface area (Å²) in [6.45, 7) is 0.551. The van der Waals surface area contributed by atoms with Gasteiger partial charge in [-0.1, -0.05) is 0 Å². The standard InChI is InChI=1S/C14H16FN3O2S/c15-9-3-6-11-12(8-9)17-14(16-11)13-2-1-7-18(13)21(19,20)10-4-5-10/h3,6,8,10,13H,1-2,4-5,7H2,(H,16,17). The van der Waals surface area contributed by atoms with Crippen molar-refractivity contribution in [1.29, 1.82) is 0 Å². The normalized spacial score (nSPS) is 24.0. The lowest BCUT2D eigenvalue weighted by Crippen LogP contribution is -2.33. The van der Waals surface area contributed by atoms with Crippen molar-refractivity contribution in [2.75, 3.05) is 6.54 Å². The van der Waals surface area contributed by atoms with Gasteiger partial charge < -0.3 is 4.98 Å². The highest BCUT2D eigenvalue weighted by Crippen LogP contribution is 2.40. The minimum absolute atomic E-state index is 0.208. The molecule has 1 aromatic heterocycles. The topological polar surface area (TPSA) is 66.1 Å². The first-order valence-corrected chi connectivity index (χ1v) is 8.72. The minimum atomic E-state index is -3.21. The molecule has 2 heterocycles. The Labute approximate surface area is 122 Å². The molecule has 1 atom stereocenters. The molecule has 1 aliphatic heterocycles. The van der Waals surface area contributed by atoms with Gasteiger partial charge in [0.15, 0.2) is 0 Å². The average Bonchev–Trinajstić information content (AvgIpc) is 3.05. The van der Waals surface area contributed by atoms with E-state index in [9.17, 15) is 12.8 Å². The van der Waals surface area contributed by atoms with Gasteiger partial charge in [-0.25, -0.2) is 17.8 Å². The summed E-state index contributed by atoms with van der Waals surface area (Å²) in [4.78, 5) is 7.53. The van der Waals surface area contributed by atoms with Crippen LogP contribution in [-0.2, 0) is 10.0 Å². The van der Waals surface area contributed by atoms with Crippen LogP contribution >= 0.6 is 0 Å². The average molecular weight is 309 g/mol. The van der Waals surface area contributed by atoms with Crippen LogP contribution in [-0.4, -0.2) is 34.5 Å². The van der Waals surface area contributed by atoms with Crippen LogP contribution in [0.25, 0.3) is 11.0 Å². The quantitative estimate of drug-likeness (QED) is 0.946. The highest BCUT2D eigenvalue weighted by Gasteiger charge is 2.45. The predicted octanol–water partition coefficient (Wildman–Crippen LogP) is 2.33. The third kappa shape index (κ3) is 2.15. The smallest absolute Gasteiger partial charge is 0.217 e. The van der Waals surface area contributed by atoms with Crippen molar-refractivity contribution in [2.45, 2.75) is 37.0 Å². The van der Waals surface area contributed by atoms with Gasteiger partial charge in [-0.15, -0.1) is 0 Å². The van der Waals surface area contributed by atoms with Crippen molar-refractivity contribution in [3.05, 3.63) is 29.8 Å². The fraction of sp³-hybridized carbons (Fsp3) is 0.500. The summed E-state index contributed by atoms with van der Waals surface area (Å²) in [6, 6.07) is 4.12. The molecule has 2 aliphatic rings. The van der Waals surface area contributed by atoms with Gasteiger partial charge in [0, 0.05) is 6.54 Å². The van der Waals surface area contributed by atoms with Crippen molar-refractivity contribution in [2.24, 2.45) is 0 Å². The van der Waals surface area contributed by atoms with Crippen LogP contribution in [0.2, 0.25) is 0 Å². The first-order chi connectivity index (χ1) is 10.1. The van der Waals surface area contributed by atoms with Crippen molar-refractivity contribution in [3.8, 4) is 0 Å². The van der Waals surface area contributed by atoms with Gasteiger partial charge in [-0.2, -0.15) is 4.31 Å². The molecule has 1 aromatic carbocycles. The number of sulfonamides is 1. The Bertz CT molecular complexity index is 798. The van der Waals surface area contributed by atoms with Crippen molar-refractivity contribution < 1.29 is 12.8 Å². The van der Waals surface area contributed by atoms with Gasteiger partial charge >= 0.3 is 0 Å². The molecule has 0 amide bonds. The van der Waals surface area contributed by atoms with E-state index in [2.05, 4.69) is 9.97 Å². The summed E-state index contributed by atoms with van der Waals surface area (Å²) in [5, 5.41) is -0.208. The Morgan fingerprint density at radius 1 is 1.29 bits per heavy atom. The van der Waals surface area contributed by atoms with Crippen LogP contribution in [0.5, 0.6) is 0 Å². The highest BCUT2D eigenvalue weighted by molar-refractivity contribution is 7.90. The van der Waals surface area contributed by atoms with Crippen LogP contribution in [0.15, 0.2) is 18.2 Å². The maximum atomic E-state index is 13.2. The molecule has 7 heteroatoms. The number of halogens is 1. The number of nitrogens with zero attached hydrogens (tertiary/aromatic N) is 2. The third-order valence-electron chi connectivity index (χ3n) is 4.25. The third-order valence-corrected chi connectivity index (χ3v) is 6.66. The van der Waals surface area contributed by atoms with E-state index in [-0.39, 0.29) is 17.1 Å². The largest absolute Gasteiger partial charge is 0.341 e. The zero-order valence-electron chi connectivity index (χ0n) is 11.4. The Morgan fingerprint density at radius 2 is 2.10 bits per heavy atom. The Hall–Kier alpha value is -1.47. The molecule has 21 heavy (non-hydrogen) atoms. The fourth-order valence-electron chi connectivity index (χ4n) is 3.03. The molecule has 1 unspecified atom stereocenters. The van der Waals surface area contributed by atoms with E-state index in [1.54, 1.807) is 10.4 Å². The first kappa shape index (κ1) is 13.2. The summed E-state index contributed by atoms with van der Waals surface area (Å²) in [7, 11) is -3.21. The minimum Gasteiger partial charge on any atom is -0.341 e. The second-order valence-electron chi connectivity index (χ2n) is 5.80. The molecule has 5 nitrogen and oxygen atoms in total. The van der Waals surface area contributed by atoms with Crippen LogP contribution in [0.1, 0.15) is 37.5 Å². The Kier molecular flexibility index (Phi) is 2.84. The van der Waals surface area contributed by atoms with E-state index in [1.165, 1.54) is 12.1 Å². The van der Waals surface area contributed by atoms with Crippen molar-refractivity contribution in [3.63, 3.8) is 0 Å².